The Morgan fingerprint density at radius 3 is 1.33 bits per heavy atom. The number of hydrogen-bond donors (Lipinski definition) is 9. The monoisotopic (exact) mass is 1040 g/mol. The van der Waals surface area contributed by atoms with Crippen molar-refractivity contribution in [3.05, 3.63) is 0 Å². The van der Waals surface area contributed by atoms with Gasteiger partial charge in [0, 0.05) is 69.2 Å². The van der Waals surface area contributed by atoms with Gasteiger partial charge < -0.3 is 30.8 Å². The van der Waals surface area contributed by atoms with E-state index in [1.165, 1.54) is 18.1 Å². The number of carbonyl (C=O) groups is 2. The zero-order valence-corrected chi connectivity index (χ0v) is 41.1. The number of rotatable bonds is 12. The number of aliphatic hydroxyl groups is 3. The van der Waals surface area contributed by atoms with Crippen molar-refractivity contribution < 1.29 is 80.8 Å². The van der Waals surface area contributed by atoms with Crippen LogP contribution in [0.3, 0.4) is 0 Å². The number of piperidine rings is 1. The molecule has 0 amide bonds. The summed E-state index contributed by atoms with van der Waals surface area (Å²) in [5, 5.41) is 46.8. The molecule has 17 nitrogen and oxygen atoms in total. The molecular formula is C38H90N4O13PdS3Si. The largest absolute Gasteiger partial charge is 0.481 e. The van der Waals surface area contributed by atoms with Crippen molar-refractivity contribution in [2.24, 2.45) is 17.8 Å². The molecule has 22 heteroatoms. The van der Waals surface area contributed by atoms with Gasteiger partial charge in [0.25, 0.3) is 11.9 Å². The van der Waals surface area contributed by atoms with E-state index in [9.17, 15) is 40.6 Å². The van der Waals surface area contributed by atoms with Gasteiger partial charge in [0.2, 0.25) is 30.1 Å². The molecule has 0 aromatic rings. The Morgan fingerprint density at radius 2 is 1.02 bits per heavy atom. The Hall–Kier alpha value is -0.611. The maximum absolute atomic E-state index is 10.9. The molecule has 6 atom stereocenters. The van der Waals surface area contributed by atoms with Crippen LogP contribution in [-0.4, -0.2) is 140 Å². The number of carboxylic acid groups (broad SMARTS) is 2. The third kappa shape index (κ3) is 55.4. The van der Waals surface area contributed by atoms with Crippen LogP contribution in [0.15, 0.2) is 0 Å². The Bertz CT molecular complexity index is 1320. The van der Waals surface area contributed by atoms with Crippen molar-refractivity contribution in [1.82, 2.24) is 19.5 Å². The third-order valence-electron chi connectivity index (χ3n) is 9.11. The number of sulfonamides is 3. The van der Waals surface area contributed by atoms with Gasteiger partial charge in [-0.2, -0.15) is 0 Å². The molecule has 0 radical (unpaired) electrons. The molecule has 0 aromatic heterocycles. The first-order chi connectivity index (χ1) is 25.4. The number of β-amino-alcohol motifs (C(OH)–C–C–N with tert-alkyl or cyclic N) is 1. The molecule has 1 saturated heterocycles. The molecule has 60 heavy (non-hydrogen) atoms. The van der Waals surface area contributed by atoms with E-state index in [-0.39, 0.29) is 69.4 Å². The second-order valence-electron chi connectivity index (χ2n) is 15.8. The fraction of sp³-hybridized carbons (Fsp3) is 0.947. The van der Waals surface area contributed by atoms with Crippen molar-refractivity contribution in [1.29, 1.82) is 0 Å². The van der Waals surface area contributed by atoms with Crippen LogP contribution in [0.5, 0.6) is 0 Å². The van der Waals surface area contributed by atoms with Crippen LogP contribution in [0.4, 0.5) is 0 Å². The number of nitrogens with one attached hydrogen (secondary N) is 4. The fourth-order valence-electron chi connectivity index (χ4n) is 6.35. The van der Waals surface area contributed by atoms with E-state index >= 15 is 0 Å². The first-order valence-corrected chi connectivity index (χ1v) is 27.5. The van der Waals surface area contributed by atoms with Crippen molar-refractivity contribution in [2.45, 2.75) is 164 Å². The van der Waals surface area contributed by atoms with Gasteiger partial charge in [-0.1, -0.05) is 74.0 Å². The molecule has 0 bridgehead atoms. The second-order valence-corrected chi connectivity index (χ2v) is 25.5. The van der Waals surface area contributed by atoms with Gasteiger partial charge >= 0.3 is 0 Å². The molecule has 0 aromatic carbocycles. The molecule has 372 valence electrons. The summed E-state index contributed by atoms with van der Waals surface area (Å²) in [6, 6.07) is 4.48. The predicted octanol–water partition coefficient (Wildman–Crippen LogP) is 3.82. The molecule has 1 aliphatic heterocycles. The molecule has 9 N–H and O–H groups in total. The summed E-state index contributed by atoms with van der Waals surface area (Å²) in [6.07, 6.45) is 10.9. The Kier molecular flexibility index (Phi) is 46.4. The molecule has 2 saturated carbocycles. The van der Waals surface area contributed by atoms with Gasteiger partial charge in [-0.05, 0) is 83.1 Å². The molecule has 1 heterocycles. The minimum atomic E-state index is -3.12. The molecule has 3 fully saturated rings. The summed E-state index contributed by atoms with van der Waals surface area (Å²) < 4.78 is 72.4. The van der Waals surface area contributed by atoms with Crippen LogP contribution in [-0.2, 0) is 60.1 Å². The summed E-state index contributed by atoms with van der Waals surface area (Å²) in [7, 11) is -9.46. The zero-order valence-electron chi connectivity index (χ0n) is 36.0. The van der Waals surface area contributed by atoms with Crippen molar-refractivity contribution in [3.63, 3.8) is 0 Å². The number of hydrogen-bond acceptors (Lipinski definition) is 12. The quantitative estimate of drug-likeness (QED) is 0.126. The van der Waals surface area contributed by atoms with Gasteiger partial charge in [0.05, 0.1) is 36.1 Å². The van der Waals surface area contributed by atoms with E-state index < -0.39 is 53.2 Å². The van der Waals surface area contributed by atoms with Crippen molar-refractivity contribution >= 4 is 50.8 Å². The van der Waals surface area contributed by atoms with Crippen LogP contribution in [0.25, 0.3) is 0 Å². The predicted molar refractivity (Wildman–Crippen MR) is 246 cm³/mol. The maximum Gasteiger partial charge on any atom is 0.300 e. The summed E-state index contributed by atoms with van der Waals surface area (Å²) in [4.78, 5) is 18.0. The van der Waals surface area contributed by atoms with Crippen molar-refractivity contribution in [3.8, 4) is 0 Å². The molecule has 3 rings (SSSR count). The SMILES string of the molecule is C.C.C.CC(=O)O.CC(=O)O.CC1(O)CCCC(CNS(C)(=O)=O)C1.CC1(O)CNCC(CNS(C)(=O)=O)C1.CC[SiH](CC)CC.CS(=O)(=O)NCC1CCCC(O)C1.[Pd]. The van der Waals surface area contributed by atoms with Crippen molar-refractivity contribution in [2.75, 3.05) is 51.5 Å². The third-order valence-corrected chi connectivity index (χ3v) is 14.7. The number of carboxylic acids is 2. The molecular weight excluding hydrogens is 951 g/mol. The smallest absolute Gasteiger partial charge is 0.300 e. The summed E-state index contributed by atoms with van der Waals surface area (Å²) in [5.41, 5.74) is -1.33. The summed E-state index contributed by atoms with van der Waals surface area (Å²) >= 11 is 0. The van der Waals surface area contributed by atoms with Gasteiger partial charge in [0.15, 0.2) is 0 Å². The van der Waals surface area contributed by atoms with Gasteiger partial charge in [-0.15, -0.1) is 0 Å². The Balaban J connectivity index is -0.000000117. The van der Waals surface area contributed by atoms with E-state index in [2.05, 4.69) is 40.3 Å². The standard InChI is InChI=1S/C9H19NO3S.C8H18N2O3S.C8H17NO3S.C6H16Si.2C2H4O2.3CH4.Pd/c1-9(11)5-3-4-8(6-9)7-10-14(2,12)13;1-8(11)3-7(4-9-6-8)5-10-14(2,12)13;1-13(11,12)9-6-7-3-2-4-8(10)5-7;1-4-7(5-2)6-3;2*1-2(3)4;;;;/h8,10-11H,3-7H2,1-2H3;7,9-11H,3-6H2,1-2H3;7-10H,2-6H2,1H3;7H,4-6H2,1-3H3;2*1H3,(H,3,4);3*1H4;. The normalized spacial score (nSPS) is 24.6. The van der Waals surface area contributed by atoms with E-state index in [1.54, 1.807) is 6.92 Å². The van der Waals surface area contributed by atoms with E-state index in [0.717, 1.165) is 84.1 Å². The number of aliphatic carboxylic acids is 2. The average molecular weight is 1040 g/mol. The average Bonchev–Trinajstić information content (AvgIpc) is 3.01. The molecule has 3 aliphatic rings. The first-order valence-electron chi connectivity index (χ1n) is 19.4. The topological polar surface area (TPSA) is 286 Å². The van der Waals surface area contributed by atoms with Gasteiger partial charge in [-0.3, -0.25) is 9.59 Å². The van der Waals surface area contributed by atoms with Crippen LogP contribution in [0.1, 0.15) is 129 Å². The van der Waals surface area contributed by atoms with Crippen LogP contribution < -0.4 is 19.5 Å². The zero-order chi connectivity index (χ0) is 44.4. The second kappa shape index (κ2) is 37.7. The number of aliphatic hydroxyl groups excluding tert-OH is 1. The Labute approximate surface area is 382 Å². The van der Waals surface area contributed by atoms with Gasteiger partial charge in [-0.25, -0.2) is 39.4 Å². The minimum absolute atomic E-state index is 0. The van der Waals surface area contributed by atoms with E-state index in [1.807, 2.05) is 6.92 Å². The first kappa shape index (κ1) is 73.8. The molecule has 0 spiro atoms. The van der Waals surface area contributed by atoms with Crippen LogP contribution in [0, 0.1) is 17.8 Å². The minimum Gasteiger partial charge on any atom is -0.481 e. The van der Waals surface area contributed by atoms with E-state index in [4.69, 9.17) is 19.8 Å². The molecule has 2 aliphatic carbocycles. The van der Waals surface area contributed by atoms with E-state index in [0.29, 0.717) is 44.9 Å². The maximum atomic E-state index is 10.9. The fourth-order valence-corrected chi connectivity index (χ4v) is 9.70. The summed E-state index contributed by atoms with van der Waals surface area (Å²) in [6.45, 7) is 15.3. The summed E-state index contributed by atoms with van der Waals surface area (Å²) in [5.74, 6) is -0.930. The van der Waals surface area contributed by atoms with Crippen LogP contribution >= 0.6 is 0 Å². The Morgan fingerprint density at radius 1 is 0.667 bits per heavy atom. The molecule has 6 unspecified atom stereocenters. The van der Waals surface area contributed by atoms with Gasteiger partial charge in [0.1, 0.15) is 0 Å². The van der Waals surface area contributed by atoms with Crippen LogP contribution in [0.2, 0.25) is 18.1 Å².